The van der Waals surface area contributed by atoms with Crippen molar-refractivity contribution in [3.63, 3.8) is 0 Å². The van der Waals surface area contributed by atoms with E-state index >= 15 is 0 Å². The Hall–Kier alpha value is -0.300. The Morgan fingerprint density at radius 1 is 1.20 bits per heavy atom. The lowest BCUT2D eigenvalue weighted by Crippen LogP contribution is -2.31. The molecule has 0 radical (unpaired) electrons. The topological polar surface area (TPSA) is 26.0 Å². The first-order chi connectivity index (χ1) is 6.90. The molecule has 0 saturated carbocycles. The van der Waals surface area contributed by atoms with Gasteiger partial charge >= 0.3 is 0 Å². The molecule has 0 aliphatic heterocycles. The van der Waals surface area contributed by atoms with Crippen molar-refractivity contribution in [2.45, 2.75) is 65.8 Å². The van der Waals surface area contributed by atoms with Gasteiger partial charge in [0.2, 0.25) is 0 Å². The molecule has 2 N–H and O–H groups in total. The predicted octanol–water partition coefficient (Wildman–Crippen LogP) is 4.13. The lowest BCUT2D eigenvalue weighted by atomic mass is 9.88. The zero-order valence-electron chi connectivity index (χ0n) is 11.2. The molecule has 0 heterocycles. The third-order valence-corrected chi connectivity index (χ3v) is 3.18. The monoisotopic (exact) mass is 211 g/mol. The Bertz CT molecular complexity index is 176. The van der Waals surface area contributed by atoms with Crippen LogP contribution in [0.2, 0.25) is 0 Å². The molecule has 15 heavy (non-hydrogen) atoms. The van der Waals surface area contributed by atoms with Crippen molar-refractivity contribution >= 4 is 0 Å². The molecule has 0 aromatic carbocycles. The fourth-order valence-corrected chi connectivity index (χ4v) is 1.76. The van der Waals surface area contributed by atoms with Crippen LogP contribution in [0, 0.1) is 11.8 Å². The minimum absolute atomic E-state index is 0.0254. The van der Waals surface area contributed by atoms with Crippen molar-refractivity contribution in [1.82, 2.24) is 0 Å². The van der Waals surface area contributed by atoms with Gasteiger partial charge in [-0.15, -0.1) is 0 Å². The quantitative estimate of drug-likeness (QED) is 0.629. The lowest BCUT2D eigenvalue weighted by molar-refractivity contribution is 0.404. The van der Waals surface area contributed by atoms with Crippen molar-refractivity contribution < 1.29 is 0 Å². The van der Waals surface area contributed by atoms with Gasteiger partial charge in [-0.2, -0.15) is 0 Å². The molecule has 2 unspecified atom stereocenters. The van der Waals surface area contributed by atoms with E-state index in [2.05, 4.69) is 46.8 Å². The number of nitrogens with two attached hydrogens (primary N) is 1. The zero-order valence-corrected chi connectivity index (χ0v) is 11.2. The Balaban J connectivity index is 3.92. The number of hydrogen-bond donors (Lipinski definition) is 1. The van der Waals surface area contributed by atoms with Crippen LogP contribution in [0.4, 0.5) is 0 Å². The highest BCUT2D eigenvalue weighted by atomic mass is 14.7. The van der Waals surface area contributed by atoms with Crippen molar-refractivity contribution in [2.24, 2.45) is 17.6 Å². The van der Waals surface area contributed by atoms with Gasteiger partial charge in [0, 0.05) is 5.54 Å². The van der Waals surface area contributed by atoms with E-state index in [9.17, 15) is 0 Å². The third-order valence-electron chi connectivity index (χ3n) is 3.18. The Kier molecular flexibility index (Phi) is 6.91. The molecule has 2 atom stereocenters. The van der Waals surface area contributed by atoms with E-state index in [0.717, 1.165) is 24.7 Å². The molecule has 0 aromatic rings. The first kappa shape index (κ1) is 14.7. The predicted molar refractivity (Wildman–Crippen MR) is 69.9 cm³/mol. The van der Waals surface area contributed by atoms with Gasteiger partial charge in [0.15, 0.2) is 0 Å². The standard InChI is InChI=1S/C14H29N/c1-6-12(3)13(7-2)10-8-9-11-14(4,5)15/h8,10,12-13H,6-7,9,11,15H2,1-5H3. The van der Waals surface area contributed by atoms with Crippen LogP contribution >= 0.6 is 0 Å². The molecule has 0 aromatic heterocycles. The average molecular weight is 211 g/mol. The third kappa shape index (κ3) is 7.61. The van der Waals surface area contributed by atoms with Crippen molar-refractivity contribution in [1.29, 1.82) is 0 Å². The summed E-state index contributed by atoms with van der Waals surface area (Å²) in [4.78, 5) is 0. The van der Waals surface area contributed by atoms with E-state index in [-0.39, 0.29) is 5.54 Å². The minimum Gasteiger partial charge on any atom is -0.326 e. The van der Waals surface area contributed by atoms with Crippen LogP contribution in [0.1, 0.15) is 60.3 Å². The molecule has 1 nitrogen and oxygen atoms in total. The normalized spacial score (nSPS) is 16.9. The number of rotatable bonds is 7. The van der Waals surface area contributed by atoms with Gasteiger partial charge in [-0.25, -0.2) is 0 Å². The molecule has 0 spiro atoms. The molecule has 0 saturated heterocycles. The van der Waals surface area contributed by atoms with E-state index in [1.165, 1.54) is 12.8 Å². The summed E-state index contributed by atoms with van der Waals surface area (Å²) < 4.78 is 0. The van der Waals surface area contributed by atoms with Gasteiger partial charge in [0.05, 0.1) is 0 Å². The van der Waals surface area contributed by atoms with Crippen LogP contribution in [0.5, 0.6) is 0 Å². The smallest absolute Gasteiger partial charge is 0.01000 e. The summed E-state index contributed by atoms with van der Waals surface area (Å²) in [7, 11) is 0. The molecule has 1 heteroatoms. The highest BCUT2D eigenvalue weighted by molar-refractivity contribution is 4.91. The van der Waals surface area contributed by atoms with Crippen LogP contribution in [0.25, 0.3) is 0 Å². The first-order valence-corrected chi connectivity index (χ1v) is 6.36. The molecule has 0 amide bonds. The van der Waals surface area contributed by atoms with Crippen LogP contribution in [-0.2, 0) is 0 Å². The Morgan fingerprint density at radius 2 is 1.80 bits per heavy atom. The van der Waals surface area contributed by atoms with Gasteiger partial charge in [-0.3, -0.25) is 0 Å². The fourth-order valence-electron chi connectivity index (χ4n) is 1.76. The van der Waals surface area contributed by atoms with E-state index in [1.54, 1.807) is 0 Å². The molecule has 90 valence electrons. The van der Waals surface area contributed by atoms with E-state index in [4.69, 9.17) is 5.73 Å². The van der Waals surface area contributed by atoms with Crippen molar-refractivity contribution in [2.75, 3.05) is 0 Å². The highest BCUT2D eigenvalue weighted by Crippen LogP contribution is 2.20. The summed E-state index contributed by atoms with van der Waals surface area (Å²) in [6.45, 7) is 11.1. The Morgan fingerprint density at radius 3 is 2.20 bits per heavy atom. The SMILES string of the molecule is CCC(C)C(C=CCCC(C)(C)N)CC. The summed E-state index contributed by atoms with van der Waals surface area (Å²) in [6.07, 6.45) is 9.40. The van der Waals surface area contributed by atoms with Crippen molar-refractivity contribution in [3.05, 3.63) is 12.2 Å². The summed E-state index contributed by atoms with van der Waals surface area (Å²) in [5.74, 6) is 1.55. The average Bonchev–Trinajstić information content (AvgIpc) is 2.15. The maximum absolute atomic E-state index is 5.94. The lowest BCUT2D eigenvalue weighted by Gasteiger charge is -2.19. The molecule has 0 fully saturated rings. The summed E-state index contributed by atoms with van der Waals surface area (Å²) in [5.41, 5.74) is 5.91. The molecule has 0 aliphatic rings. The van der Waals surface area contributed by atoms with Gasteiger partial charge in [0.25, 0.3) is 0 Å². The molecular weight excluding hydrogens is 182 g/mol. The van der Waals surface area contributed by atoms with Crippen LogP contribution < -0.4 is 5.73 Å². The second kappa shape index (κ2) is 7.05. The number of hydrogen-bond acceptors (Lipinski definition) is 1. The molecule has 0 bridgehead atoms. The Labute approximate surface area is 96.1 Å². The molecule has 0 aliphatic carbocycles. The zero-order chi connectivity index (χ0) is 11.9. The summed E-state index contributed by atoms with van der Waals surface area (Å²) >= 11 is 0. The second-order valence-corrected chi connectivity index (χ2v) is 5.41. The summed E-state index contributed by atoms with van der Waals surface area (Å²) in [6, 6.07) is 0. The largest absolute Gasteiger partial charge is 0.326 e. The van der Waals surface area contributed by atoms with Gasteiger partial charge in [-0.1, -0.05) is 39.3 Å². The minimum atomic E-state index is -0.0254. The highest BCUT2D eigenvalue weighted by Gasteiger charge is 2.11. The number of allylic oxidation sites excluding steroid dienone is 2. The fraction of sp³-hybridized carbons (Fsp3) is 0.857. The van der Waals surface area contributed by atoms with Crippen molar-refractivity contribution in [3.8, 4) is 0 Å². The van der Waals surface area contributed by atoms with Crippen LogP contribution in [0.15, 0.2) is 12.2 Å². The summed E-state index contributed by atoms with van der Waals surface area (Å²) in [5, 5.41) is 0. The molecule has 0 rings (SSSR count). The van der Waals surface area contributed by atoms with E-state index in [1.807, 2.05) is 0 Å². The van der Waals surface area contributed by atoms with Gasteiger partial charge < -0.3 is 5.73 Å². The maximum atomic E-state index is 5.94. The maximum Gasteiger partial charge on any atom is 0.01000 e. The van der Waals surface area contributed by atoms with E-state index in [0.29, 0.717) is 0 Å². The van der Waals surface area contributed by atoms with Crippen LogP contribution in [-0.4, -0.2) is 5.54 Å². The van der Waals surface area contributed by atoms with E-state index < -0.39 is 0 Å². The molecular formula is C14H29N. The second-order valence-electron chi connectivity index (χ2n) is 5.41. The first-order valence-electron chi connectivity index (χ1n) is 6.36. The van der Waals surface area contributed by atoms with Gasteiger partial charge in [0.1, 0.15) is 0 Å². The van der Waals surface area contributed by atoms with Gasteiger partial charge in [-0.05, 0) is 44.9 Å². The van der Waals surface area contributed by atoms with Crippen LogP contribution in [0.3, 0.4) is 0 Å².